The number of aromatic amines is 1. The van der Waals surface area contributed by atoms with Gasteiger partial charge in [-0.25, -0.2) is 4.79 Å². The highest BCUT2D eigenvalue weighted by Crippen LogP contribution is 2.26. The molecule has 1 heterocycles. The molecule has 0 fully saturated rings. The van der Waals surface area contributed by atoms with E-state index in [1.54, 1.807) is 12.3 Å². The summed E-state index contributed by atoms with van der Waals surface area (Å²) in [5.41, 5.74) is 1.84. The van der Waals surface area contributed by atoms with E-state index in [0.29, 0.717) is 0 Å². The first kappa shape index (κ1) is 9.98. The highest BCUT2D eigenvalue weighted by molar-refractivity contribution is 9.10. The van der Waals surface area contributed by atoms with Gasteiger partial charge in [0.25, 0.3) is 0 Å². The predicted octanol–water partition coefficient (Wildman–Crippen LogP) is 3.03. The lowest BCUT2D eigenvalue weighted by atomic mass is 10.1. The number of benzene rings is 1. The zero-order valence-electron chi connectivity index (χ0n) is 7.70. The third-order valence-electron chi connectivity index (χ3n) is 2.10. The Labute approximate surface area is 94.6 Å². The number of nitrogens with one attached hydrogen (secondary N) is 1. The minimum absolute atomic E-state index is 0.869. The van der Waals surface area contributed by atoms with Crippen LogP contribution in [0.3, 0.4) is 0 Å². The van der Waals surface area contributed by atoms with Crippen molar-refractivity contribution < 1.29 is 9.90 Å². The van der Waals surface area contributed by atoms with E-state index in [-0.39, 0.29) is 0 Å². The molecule has 2 N–H and O–H groups in total. The molecular weight excluding hydrogens is 258 g/mol. The number of para-hydroxylation sites is 1. The highest BCUT2D eigenvalue weighted by atomic mass is 79.9. The van der Waals surface area contributed by atoms with Crippen LogP contribution < -0.4 is 0 Å². The summed E-state index contributed by atoms with van der Waals surface area (Å²) in [4.78, 5) is 13.5. The lowest BCUT2D eigenvalue weighted by Crippen LogP contribution is -1.84. The number of rotatable bonds is 2. The predicted molar refractivity (Wildman–Crippen MR) is 62.7 cm³/mol. The first-order chi connectivity index (χ1) is 7.18. The summed E-state index contributed by atoms with van der Waals surface area (Å²) in [6.45, 7) is 0. The Hall–Kier alpha value is -1.55. The molecule has 0 bridgehead atoms. The number of aromatic nitrogens is 1. The summed E-state index contributed by atoms with van der Waals surface area (Å²) in [6.07, 6.45) is 4.49. The Morgan fingerprint density at radius 3 is 3.00 bits per heavy atom. The van der Waals surface area contributed by atoms with Gasteiger partial charge in [0.05, 0.1) is 5.52 Å². The molecule has 1 aromatic heterocycles. The summed E-state index contributed by atoms with van der Waals surface area (Å²) in [7, 11) is 0. The second-order valence-corrected chi connectivity index (χ2v) is 3.93. The molecule has 0 saturated heterocycles. The topological polar surface area (TPSA) is 53.1 Å². The van der Waals surface area contributed by atoms with E-state index in [2.05, 4.69) is 20.9 Å². The SMILES string of the molecule is O=C(O)C=Cc1c[nH]c2c(Br)cccc12. The van der Waals surface area contributed by atoms with Crippen LogP contribution in [0.15, 0.2) is 34.9 Å². The molecule has 0 spiro atoms. The van der Waals surface area contributed by atoms with Gasteiger partial charge in [-0.15, -0.1) is 0 Å². The zero-order valence-corrected chi connectivity index (χ0v) is 9.28. The molecule has 4 heteroatoms. The molecule has 0 amide bonds. The van der Waals surface area contributed by atoms with Crippen molar-refractivity contribution in [1.82, 2.24) is 4.98 Å². The largest absolute Gasteiger partial charge is 0.478 e. The van der Waals surface area contributed by atoms with Crippen LogP contribution in [0.4, 0.5) is 0 Å². The molecule has 0 atom stereocenters. The molecule has 76 valence electrons. The molecule has 3 nitrogen and oxygen atoms in total. The maximum absolute atomic E-state index is 10.4. The summed E-state index contributed by atoms with van der Waals surface area (Å²) in [6, 6.07) is 5.79. The number of carbonyl (C=O) groups is 1. The Morgan fingerprint density at radius 2 is 2.27 bits per heavy atom. The standard InChI is InChI=1S/C11H8BrNO2/c12-9-3-1-2-8-7(4-5-10(14)15)6-13-11(8)9/h1-6,13H,(H,14,15). The number of hydrogen-bond donors (Lipinski definition) is 2. The Balaban J connectivity index is 2.54. The molecule has 0 radical (unpaired) electrons. The van der Waals surface area contributed by atoms with E-state index in [0.717, 1.165) is 27.0 Å². The van der Waals surface area contributed by atoms with Crippen molar-refractivity contribution in [3.63, 3.8) is 0 Å². The smallest absolute Gasteiger partial charge is 0.328 e. The van der Waals surface area contributed by atoms with Crippen molar-refractivity contribution in [2.75, 3.05) is 0 Å². The number of H-pyrrole nitrogens is 1. The zero-order chi connectivity index (χ0) is 10.8. The third kappa shape index (κ3) is 1.94. The van der Waals surface area contributed by atoms with Crippen molar-refractivity contribution in [2.24, 2.45) is 0 Å². The van der Waals surface area contributed by atoms with Gasteiger partial charge in [0, 0.05) is 27.7 Å². The van der Waals surface area contributed by atoms with E-state index in [1.165, 1.54) is 0 Å². The summed E-state index contributed by atoms with van der Waals surface area (Å²) in [5, 5.41) is 9.53. The molecule has 0 unspecified atom stereocenters. The first-order valence-corrected chi connectivity index (χ1v) is 5.14. The van der Waals surface area contributed by atoms with Crippen molar-refractivity contribution in [2.45, 2.75) is 0 Å². The maximum atomic E-state index is 10.4. The fraction of sp³-hybridized carbons (Fsp3) is 0. The summed E-state index contributed by atoms with van der Waals surface area (Å²) >= 11 is 3.42. The fourth-order valence-electron chi connectivity index (χ4n) is 1.44. The average Bonchev–Trinajstić information content (AvgIpc) is 2.59. The minimum Gasteiger partial charge on any atom is -0.478 e. The summed E-state index contributed by atoms with van der Waals surface area (Å²) in [5.74, 6) is -0.945. The van der Waals surface area contributed by atoms with Crippen molar-refractivity contribution in [3.8, 4) is 0 Å². The van der Waals surface area contributed by atoms with Gasteiger partial charge in [-0.2, -0.15) is 0 Å². The van der Waals surface area contributed by atoms with E-state index < -0.39 is 5.97 Å². The van der Waals surface area contributed by atoms with E-state index in [9.17, 15) is 4.79 Å². The fourth-order valence-corrected chi connectivity index (χ4v) is 1.92. The second-order valence-electron chi connectivity index (χ2n) is 3.08. The molecule has 1 aromatic carbocycles. The first-order valence-electron chi connectivity index (χ1n) is 4.35. The minimum atomic E-state index is -0.945. The maximum Gasteiger partial charge on any atom is 0.328 e. The monoisotopic (exact) mass is 265 g/mol. The highest BCUT2D eigenvalue weighted by Gasteiger charge is 2.03. The number of hydrogen-bond acceptors (Lipinski definition) is 1. The molecule has 0 aliphatic carbocycles. The van der Waals surface area contributed by atoms with Gasteiger partial charge in [-0.3, -0.25) is 0 Å². The molecular formula is C11H8BrNO2. The van der Waals surface area contributed by atoms with Gasteiger partial charge in [-0.1, -0.05) is 12.1 Å². The number of carboxylic acid groups (broad SMARTS) is 1. The number of carboxylic acids is 1. The van der Waals surface area contributed by atoms with Crippen molar-refractivity contribution in [3.05, 3.63) is 40.5 Å². The molecule has 2 aromatic rings. The lowest BCUT2D eigenvalue weighted by molar-refractivity contribution is -0.131. The van der Waals surface area contributed by atoms with E-state index in [4.69, 9.17) is 5.11 Å². The van der Waals surface area contributed by atoms with Gasteiger partial charge >= 0.3 is 5.97 Å². The van der Waals surface area contributed by atoms with Gasteiger partial charge in [0.1, 0.15) is 0 Å². The molecule has 0 aliphatic heterocycles. The van der Waals surface area contributed by atoms with Crippen molar-refractivity contribution >= 4 is 38.9 Å². The van der Waals surface area contributed by atoms with Crippen LogP contribution in [-0.4, -0.2) is 16.1 Å². The number of halogens is 1. The van der Waals surface area contributed by atoms with Crippen LogP contribution in [0.25, 0.3) is 17.0 Å². The van der Waals surface area contributed by atoms with Crippen LogP contribution in [0, 0.1) is 0 Å². The molecule has 0 aliphatic rings. The van der Waals surface area contributed by atoms with Crippen LogP contribution in [0.5, 0.6) is 0 Å². The molecule has 0 saturated carbocycles. The normalized spacial score (nSPS) is 11.3. The third-order valence-corrected chi connectivity index (χ3v) is 2.76. The van der Waals surface area contributed by atoms with Gasteiger partial charge in [-0.05, 0) is 28.1 Å². The average molecular weight is 266 g/mol. The second kappa shape index (κ2) is 3.90. The molecule has 15 heavy (non-hydrogen) atoms. The van der Waals surface area contributed by atoms with Gasteiger partial charge < -0.3 is 10.1 Å². The van der Waals surface area contributed by atoms with Crippen LogP contribution in [-0.2, 0) is 4.79 Å². The van der Waals surface area contributed by atoms with E-state index in [1.807, 2.05) is 18.2 Å². The van der Waals surface area contributed by atoms with Gasteiger partial charge in [0.15, 0.2) is 0 Å². The van der Waals surface area contributed by atoms with Gasteiger partial charge in [0.2, 0.25) is 0 Å². The van der Waals surface area contributed by atoms with Crippen LogP contribution in [0.2, 0.25) is 0 Å². The summed E-state index contributed by atoms with van der Waals surface area (Å²) < 4.78 is 0.968. The van der Waals surface area contributed by atoms with Crippen molar-refractivity contribution in [1.29, 1.82) is 0 Å². The van der Waals surface area contributed by atoms with Crippen LogP contribution in [0.1, 0.15) is 5.56 Å². The lowest BCUT2D eigenvalue weighted by Gasteiger charge is -1.93. The molecule has 2 rings (SSSR count). The number of aliphatic carboxylic acids is 1. The van der Waals surface area contributed by atoms with E-state index >= 15 is 0 Å². The Bertz CT molecular complexity index is 543. The quantitative estimate of drug-likeness (QED) is 0.821. The van der Waals surface area contributed by atoms with Crippen LogP contribution >= 0.6 is 15.9 Å². The Morgan fingerprint density at radius 1 is 1.47 bits per heavy atom. The number of fused-ring (bicyclic) bond motifs is 1. The Kier molecular flexibility index (Phi) is 2.60.